The molecule has 116 valence electrons. The summed E-state index contributed by atoms with van der Waals surface area (Å²) in [7, 11) is -2.95. The van der Waals surface area contributed by atoms with Crippen LogP contribution in [0.15, 0.2) is 0 Å². The summed E-state index contributed by atoms with van der Waals surface area (Å²) in [5.74, 6) is -3.31. The van der Waals surface area contributed by atoms with Crippen molar-refractivity contribution >= 4 is 19.9 Å². The molecule has 0 spiro atoms. The van der Waals surface area contributed by atoms with E-state index in [1.807, 2.05) is 6.92 Å². The molecular weight excluding hydrogens is 283 g/mol. The van der Waals surface area contributed by atoms with Crippen molar-refractivity contribution in [2.24, 2.45) is 11.7 Å². The van der Waals surface area contributed by atoms with E-state index in [-0.39, 0.29) is 5.92 Å². The van der Waals surface area contributed by atoms with E-state index in [1.54, 1.807) is 27.7 Å². The monoisotopic (exact) mass is 307 g/mol. The lowest BCUT2D eigenvalue weighted by atomic mass is 9.99. The number of nitrogens with two attached hydrogens (primary N) is 1. The van der Waals surface area contributed by atoms with Crippen LogP contribution in [0.4, 0.5) is 0 Å². The molecule has 0 aromatic heterocycles. The Morgan fingerprint density at radius 1 is 1.40 bits per heavy atom. The Morgan fingerprint density at radius 3 is 2.25 bits per heavy atom. The second-order valence-electron chi connectivity index (χ2n) is 5.66. The molecule has 0 aliphatic carbocycles. The van der Waals surface area contributed by atoms with Gasteiger partial charge in [-0.2, -0.15) is 4.89 Å². The number of hydrogen-bond donors (Lipinski definition) is 3. The van der Waals surface area contributed by atoms with E-state index in [2.05, 4.69) is 5.32 Å². The summed E-state index contributed by atoms with van der Waals surface area (Å²) in [4.78, 5) is 32.8. The Balaban J connectivity index is 4.84. The number of rotatable bonds is 6. The van der Waals surface area contributed by atoms with Gasteiger partial charge in [-0.05, 0) is 31.3 Å². The van der Waals surface area contributed by atoms with Crippen LogP contribution in [-0.4, -0.2) is 34.2 Å². The molecule has 0 aliphatic rings. The van der Waals surface area contributed by atoms with Crippen LogP contribution in [0, 0.1) is 5.92 Å². The van der Waals surface area contributed by atoms with Gasteiger partial charge in [0.25, 0.3) is 0 Å². The second kappa shape index (κ2) is 7.67. The van der Waals surface area contributed by atoms with E-state index in [0.717, 1.165) is 0 Å². The van der Waals surface area contributed by atoms with E-state index < -0.39 is 37.3 Å². The number of amides is 1. The van der Waals surface area contributed by atoms with Crippen LogP contribution in [-0.2, 0) is 18.9 Å². The third-order valence-corrected chi connectivity index (χ3v) is 3.47. The average Bonchev–Trinajstić information content (AvgIpc) is 2.30. The predicted molar refractivity (Wildman–Crippen MR) is 75.0 cm³/mol. The van der Waals surface area contributed by atoms with Crippen molar-refractivity contribution < 1.29 is 23.8 Å². The maximum Gasteiger partial charge on any atom is 0.543 e. The van der Waals surface area contributed by atoms with E-state index in [9.17, 15) is 14.2 Å². The summed E-state index contributed by atoms with van der Waals surface area (Å²) in [6, 6.07) is -0.847. The maximum atomic E-state index is 11.8. The van der Waals surface area contributed by atoms with Crippen molar-refractivity contribution in [3.8, 4) is 0 Å². The molecule has 0 rings (SSSR count). The lowest BCUT2D eigenvalue weighted by Crippen LogP contribution is -2.50. The fourth-order valence-corrected chi connectivity index (χ4v) is 1.78. The molecule has 0 saturated heterocycles. The zero-order chi connectivity index (χ0) is 16.1. The average molecular weight is 307 g/mol. The maximum absolute atomic E-state index is 11.8. The fraction of sp³-hybridized carbons (Fsp3) is 0.833. The standard InChI is InChI=1S/C12H23N2O5P/c1-6-7(2)8(13)9(15)14-10(20(17)18)11(16)19-12(3,4)5/h7-8,10H,6,13H2,1-5H3,(H-,14,15,17,18)/p+1/t7-,8-,10?/m0/s1. The minimum Gasteiger partial charge on any atom is -0.455 e. The third kappa shape index (κ3) is 6.41. The zero-order valence-corrected chi connectivity index (χ0v) is 13.4. The summed E-state index contributed by atoms with van der Waals surface area (Å²) >= 11 is 0. The molecule has 7 nitrogen and oxygen atoms in total. The normalized spacial score (nSPS) is 16.9. The largest absolute Gasteiger partial charge is 0.543 e. The molecule has 0 aliphatic heterocycles. The first-order chi connectivity index (χ1) is 8.99. The first-order valence-electron chi connectivity index (χ1n) is 6.43. The lowest BCUT2D eigenvalue weighted by molar-refractivity contribution is -0.156. The Morgan fingerprint density at radius 2 is 1.90 bits per heavy atom. The first-order valence-corrected chi connectivity index (χ1v) is 7.71. The van der Waals surface area contributed by atoms with Gasteiger partial charge in [-0.15, -0.1) is 0 Å². The molecule has 4 atom stereocenters. The van der Waals surface area contributed by atoms with Crippen LogP contribution in [0.25, 0.3) is 0 Å². The van der Waals surface area contributed by atoms with Gasteiger partial charge in [-0.1, -0.05) is 20.3 Å². The molecule has 0 bridgehead atoms. The van der Waals surface area contributed by atoms with Crippen LogP contribution < -0.4 is 11.1 Å². The first kappa shape index (κ1) is 19.0. The molecule has 0 fully saturated rings. The van der Waals surface area contributed by atoms with Crippen LogP contribution in [0.1, 0.15) is 41.0 Å². The summed E-state index contributed by atoms with van der Waals surface area (Å²) in [5, 5.41) is 2.18. The molecule has 4 N–H and O–H groups in total. The van der Waals surface area contributed by atoms with Gasteiger partial charge in [0.1, 0.15) is 5.60 Å². The minimum absolute atomic E-state index is 0.106. The van der Waals surface area contributed by atoms with E-state index >= 15 is 0 Å². The lowest BCUT2D eigenvalue weighted by Gasteiger charge is -2.21. The molecule has 0 radical (unpaired) electrons. The minimum atomic E-state index is -2.95. The molecule has 0 aromatic carbocycles. The van der Waals surface area contributed by atoms with E-state index in [1.165, 1.54) is 0 Å². The highest BCUT2D eigenvalue weighted by molar-refractivity contribution is 7.40. The van der Waals surface area contributed by atoms with Crippen molar-refractivity contribution in [2.45, 2.75) is 58.5 Å². The Bertz CT molecular complexity index is 381. The Hall–Kier alpha value is -1.04. The highest BCUT2D eigenvalue weighted by Crippen LogP contribution is 2.23. The SMILES string of the molecule is CC[C@H](C)[C@H](N)C(=O)NC(C(=O)OC(C)(C)C)[P+](=O)O. The van der Waals surface area contributed by atoms with Gasteiger partial charge < -0.3 is 10.5 Å². The smallest absolute Gasteiger partial charge is 0.455 e. The van der Waals surface area contributed by atoms with E-state index in [0.29, 0.717) is 6.42 Å². The summed E-state index contributed by atoms with van der Waals surface area (Å²) in [5.41, 5.74) is 4.89. The molecule has 20 heavy (non-hydrogen) atoms. The molecule has 0 aromatic rings. The highest BCUT2D eigenvalue weighted by Gasteiger charge is 2.42. The van der Waals surface area contributed by atoms with Gasteiger partial charge >= 0.3 is 19.8 Å². The second-order valence-corrected chi connectivity index (χ2v) is 6.78. The number of ether oxygens (including phenoxy) is 1. The van der Waals surface area contributed by atoms with Crippen molar-refractivity contribution in [1.82, 2.24) is 5.32 Å². The van der Waals surface area contributed by atoms with Crippen molar-refractivity contribution in [3.63, 3.8) is 0 Å². The van der Waals surface area contributed by atoms with Crippen LogP contribution >= 0.6 is 8.03 Å². The fourth-order valence-electron chi connectivity index (χ4n) is 1.31. The van der Waals surface area contributed by atoms with Gasteiger partial charge in [-0.25, -0.2) is 4.79 Å². The van der Waals surface area contributed by atoms with Gasteiger partial charge in [0, 0.05) is 0 Å². The summed E-state index contributed by atoms with van der Waals surface area (Å²) in [6.07, 6.45) is 0.678. The van der Waals surface area contributed by atoms with Crippen molar-refractivity contribution in [1.29, 1.82) is 0 Å². The predicted octanol–water partition coefficient (Wildman–Crippen LogP) is 0.878. The molecule has 0 heterocycles. The Kier molecular flexibility index (Phi) is 7.27. The summed E-state index contributed by atoms with van der Waals surface area (Å²) < 4.78 is 16.2. The molecule has 1 amide bonds. The van der Waals surface area contributed by atoms with Crippen LogP contribution in [0.3, 0.4) is 0 Å². The Labute approximate surface area is 120 Å². The molecular formula is C12H24N2O5P+. The van der Waals surface area contributed by atoms with Crippen molar-refractivity contribution in [3.05, 3.63) is 0 Å². The third-order valence-electron chi connectivity index (χ3n) is 2.69. The topological polar surface area (TPSA) is 119 Å². The highest BCUT2D eigenvalue weighted by atomic mass is 31.1. The molecule has 8 heteroatoms. The van der Waals surface area contributed by atoms with Gasteiger partial charge in [-0.3, -0.25) is 10.1 Å². The number of nitrogens with one attached hydrogen (secondary N) is 1. The van der Waals surface area contributed by atoms with Crippen LogP contribution in [0.2, 0.25) is 0 Å². The van der Waals surface area contributed by atoms with Gasteiger partial charge in [0.2, 0.25) is 5.91 Å². The number of carbonyl (C=O) groups is 2. The molecule has 2 unspecified atom stereocenters. The number of hydrogen-bond acceptors (Lipinski definition) is 5. The van der Waals surface area contributed by atoms with Gasteiger partial charge in [0.15, 0.2) is 0 Å². The molecule has 0 saturated carbocycles. The van der Waals surface area contributed by atoms with Gasteiger partial charge in [0.05, 0.1) is 6.04 Å². The summed E-state index contributed by atoms with van der Waals surface area (Å²) in [6.45, 7) is 8.53. The number of carbonyl (C=O) groups excluding carboxylic acids is 2. The van der Waals surface area contributed by atoms with E-state index in [4.69, 9.17) is 15.4 Å². The quantitative estimate of drug-likeness (QED) is 0.495. The number of esters is 1. The zero-order valence-electron chi connectivity index (χ0n) is 12.5. The van der Waals surface area contributed by atoms with Crippen molar-refractivity contribution in [2.75, 3.05) is 0 Å². The van der Waals surface area contributed by atoms with Crippen LogP contribution in [0.5, 0.6) is 0 Å².